The fourth-order valence-corrected chi connectivity index (χ4v) is 1.81. The molecule has 1 rings (SSSR count). The number of hydrogen-bond donors (Lipinski definition) is 2. The zero-order chi connectivity index (χ0) is 15.3. The second kappa shape index (κ2) is 6.75. The number of hydrogen-bond acceptors (Lipinski definition) is 3. The Bertz CT molecular complexity index is 466. The number of rotatable bonds is 6. The summed E-state index contributed by atoms with van der Waals surface area (Å²) < 4.78 is 0. The first-order valence-corrected chi connectivity index (χ1v) is 7.00. The number of aryl methyl sites for hydroxylation is 1. The number of anilines is 1. The number of aliphatic hydroxyl groups excluding tert-OH is 1. The second-order valence-electron chi connectivity index (χ2n) is 5.91. The molecule has 1 amide bonds. The maximum Gasteiger partial charge on any atom is 0.253 e. The molecule has 1 unspecified atom stereocenters. The van der Waals surface area contributed by atoms with Crippen LogP contribution in [-0.2, 0) is 0 Å². The van der Waals surface area contributed by atoms with Crippen molar-refractivity contribution in [3.05, 3.63) is 29.3 Å². The summed E-state index contributed by atoms with van der Waals surface area (Å²) >= 11 is 0. The van der Waals surface area contributed by atoms with E-state index >= 15 is 0 Å². The Balaban J connectivity index is 2.90. The molecule has 0 saturated carbocycles. The molecule has 0 fully saturated rings. The molecule has 0 aromatic heterocycles. The number of aliphatic hydroxyl groups is 1. The summed E-state index contributed by atoms with van der Waals surface area (Å²) in [6.45, 7) is 6.95. The number of nitrogens with one attached hydrogen (secondary N) is 1. The van der Waals surface area contributed by atoms with Crippen molar-refractivity contribution < 1.29 is 9.90 Å². The van der Waals surface area contributed by atoms with Crippen molar-refractivity contribution in [1.82, 2.24) is 4.90 Å². The van der Waals surface area contributed by atoms with E-state index in [1.54, 1.807) is 19.0 Å². The quantitative estimate of drug-likeness (QED) is 0.840. The lowest BCUT2D eigenvalue weighted by Gasteiger charge is -2.27. The molecule has 0 radical (unpaired) electrons. The van der Waals surface area contributed by atoms with E-state index in [4.69, 9.17) is 0 Å². The monoisotopic (exact) mass is 278 g/mol. The van der Waals surface area contributed by atoms with Crippen LogP contribution in [0.5, 0.6) is 0 Å². The standard InChI is InChI=1S/C16H26N2O2/c1-6-16(3,11-19)10-17-14-9-13(8-7-12(14)2)15(20)18(4)5/h7-9,17,19H,6,10-11H2,1-5H3. The van der Waals surface area contributed by atoms with Crippen LogP contribution in [0, 0.1) is 12.3 Å². The Kier molecular flexibility index (Phi) is 5.57. The molecule has 20 heavy (non-hydrogen) atoms. The molecule has 0 aliphatic rings. The number of carbonyl (C=O) groups is 1. The lowest BCUT2D eigenvalue weighted by molar-refractivity contribution is 0.0827. The topological polar surface area (TPSA) is 52.6 Å². The van der Waals surface area contributed by atoms with Crippen LogP contribution in [0.15, 0.2) is 18.2 Å². The van der Waals surface area contributed by atoms with Crippen molar-refractivity contribution in [3.63, 3.8) is 0 Å². The molecular weight excluding hydrogens is 252 g/mol. The molecule has 0 saturated heterocycles. The maximum atomic E-state index is 12.0. The summed E-state index contributed by atoms with van der Waals surface area (Å²) in [6.07, 6.45) is 0.895. The smallest absolute Gasteiger partial charge is 0.253 e. The average molecular weight is 278 g/mol. The SMILES string of the molecule is CCC(C)(CO)CNc1cc(C(=O)N(C)C)ccc1C. The van der Waals surface area contributed by atoms with E-state index in [2.05, 4.69) is 12.2 Å². The van der Waals surface area contributed by atoms with Gasteiger partial charge in [-0.25, -0.2) is 0 Å². The summed E-state index contributed by atoms with van der Waals surface area (Å²) in [4.78, 5) is 13.5. The Hall–Kier alpha value is -1.55. The summed E-state index contributed by atoms with van der Waals surface area (Å²) in [5, 5.41) is 12.8. The number of benzene rings is 1. The van der Waals surface area contributed by atoms with Crippen LogP contribution in [0.4, 0.5) is 5.69 Å². The van der Waals surface area contributed by atoms with Gasteiger partial charge >= 0.3 is 0 Å². The van der Waals surface area contributed by atoms with E-state index in [0.29, 0.717) is 12.1 Å². The zero-order valence-electron chi connectivity index (χ0n) is 13.2. The van der Waals surface area contributed by atoms with Gasteiger partial charge in [0.1, 0.15) is 0 Å². The van der Waals surface area contributed by atoms with E-state index in [1.165, 1.54) is 0 Å². The third-order valence-corrected chi connectivity index (χ3v) is 3.83. The third kappa shape index (κ3) is 3.97. The van der Waals surface area contributed by atoms with E-state index in [9.17, 15) is 9.90 Å². The highest BCUT2D eigenvalue weighted by Gasteiger charge is 2.21. The lowest BCUT2D eigenvalue weighted by Crippen LogP contribution is -2.30. The van der Waals surface area contributed by atoms with Gasteiger partial charge in [0.05, 0.1) is 6.61 Å². The number of carbonyl (C=O) groups excluding carboxylic acids is 1. The molecule has 0 bridgehead atoms. The molecule has 2 N–H and O–H groups in total. The zero-order valence-corrected chi connectivity index (χ0v) is 13.2. The molecule has 0 spiro atoms. The van der Waals surface area contributed by atoms with Gasteiger partial charge in [-0.2, -0.15) is 0 Å². The van der Waals surface area contributed by atoms with Gasteiger partial charge in [0, 0.05) is 37.3 Å². The Morgan fingerprint density at radius 2 is 2.05 bits per heavy atom. The van der Waals surface area contributed by atoms with Crippen LogP contribution in [0.2, 0.25) is 0 Å². The van der Waals surface area contributed by atoms with Crippen molar-refractivity contribution in [2.24, 2.45) is 5.41 Å². The van der Waals surface area contributed by atoms with Crippen molar-refractivity contribution in [3.8, 4) is 0 Å². The van der Waals surface area contributed by atoms with Crippen LogP contribution < -0.4 is 5.32 Å². The van der Waals surface area contributed by atoms with Gasteiger partial charge in [-0.05, 0) is 31.0 Å². The molecule has 1 aromatic carbocycles. The highest BCUT2D eigenvalue weighted by Crippen LogP contribution is 2.23. The lowest BCUT2D eigenvalue weighted by atomic mass is 9.88. The summed E-state index contributed by atoms with van der Waals surface area (Å²) in [5.41, 5.74) is 2.57. The van der Waals surface area contributed by atoms with Crippen molar-refractivity contribution >= 4 is 11.6 Å². The highest BCUT2D eigenvalue weighted by atomic mass is 16.3. The maximum absolute atomic E-state index is 12.0. The van der Waals surface area contributed by atoms with E-state index in [1.807, 2.05) is 32.0 Å². The number of amides is 1. The molecule has 4 nitrogen and oxygen atoms in total. The van der Waals surface area contributed by atoms with Gasteiger partial charge in [-0.15, -0.1) is 0 Å². The van der Waals surface area contributed by atoms with Gasteiger partial charge in [-0.1, -0.05) is 19.9 Å². The van der Waals surface area contributed by atoms with Gasteiger partial charge in [0.15, 0.2) is 0 Å². The average Bonchev–Trinajstić information content (AvgIpc) is 2.45. The Morgan fingerprint density at radius 3 is 2.55 bits per heavy atom. The normalized spacial score (nSPS) is 13.7. The van der Waals surface area contributed by atoms with Gasteiger partial charge in [-0.3, -0.25) is 4.79 Å². The van der Waals surface area contributed by atoms with Crippen molar-refractivity contribution in [2.75, 3.05) is 32.6 Å². The van der Waals surface area contributed by atoms with Crippen LogP contribution >= 0.6 is 0 Å². The van der Waals surface area contributed by atoms with Gasteiger partial charge in [0.2, 0.25) is 0 Å². The fourth-order valence-electron chi connectivity index (χ4n) is 1.81. The Labute approximate surface area is 121 Å². The minimum atomic E-state index is -0.145. The van der Waals surface area contributed by atoms with Crippen LogP contribution in [-0.4, -0.2) is 43.2 Å². The predicted octanol–water partition coefficient (Wildman–Crippen LogP) is 2.52. The van der Waals surface area contributed by atoms with Crippen molar-refractivity contribution in [1.29, 1.82) is 0 Å². The minimum Gasteiger partial charge on any atom is -0.396 e. The predicted molar refractivity (Wildman–Crippen MR) is 83.2 cm³/mol. The molecule has 0 heterocycles. The first kappa shape index (κ1) is 16.5. The van der Waals surface area contributed by atoms with Crippen molar-refractivity contribution in [2.45, 2.75) is 27.2 Å². The molecule has 0 aliphatic carbocycles. The molecule has 1 aromatic rings. The van der Waals surface area contributed by atoms with Gasteiger partial charge < -0.3 is 15.3 Å². The summed E-state index contributed by atoms with van der Waals surface area (Å²) in [5.74, 6) is -0.00605. The minimum absolute atomic E-state index is 0.00605. The summed E-state index contributed by atoms with van der Waals surface area (Å²) in [7, 11) is 3.49. The third-order valence-electron chi connectivity index (χ3n) is 3.83. The van der Waals surface area contributed by atoms with E-state index in [0.717, 1.165) is 17.7 Å². The largest absolute Gasteiger partial charge is 0.396 e. The Morgan fingerprint density at radius 1 is 1.40 bits per heavy atom. The van der Waals surface area contributed by atoms with E-state index in [-0.39, 0.29) is 17.9 Å². The van der Waals surface area contributed by atoms with E-state index < -0.39 is 0 Å². The molecule has 1 atom stereocenters. The first-order valence-electron chi connectivity index (χ1n) is 7.00. The summed E-state index contributed by atoms with van der Waals surface area (Å²) in [6, 6.07) is 5.67. The molecule has 4 heteroatoms. The van der Waals surface area contributed by atoms with Crippen LogP contribution in [0.3, 0.4) is 0 Å². The van der Waals surface area contributed by atoms with Crippen LogP contribution in [0.1, 0.15) is 36.2 Å². The number of nitrogens with zero attached hydrogens (tertiary/aromatic N) is 1. The second-order valence-corrected chi connectivity index (χ2v) is 5.91. The van der Waals surface area contributed by atoms with Crippen LogP contribution in [0.25, 0.3) is 0 Å². The first-order chi connectivity index (χ1) is 9.33. The van der Waals surface area contributed by atoms with Gasteiger partial charge in [0.25, 0.3) is 5.91 Å². The fraction of sp³-hybridized carbons (Fsp3) is 0.562. The highest BCUT2D eigenvalue weighted by molar-refractivity contribution is 5.95. The molecule has 112 valence electrons. The molecule has 0 aliphatic heterocycles. The molecular formula is C16H26N2O2.